The summed E-state index contributed by atoms with van der Waals surface area (Å²) in [6.07, 6.45) is 1.22. The lowest BCUT2D eigenvalue weighted by atomic mass is 10.2. The van der Waals surface area contributed by atoms with Gasteiger partial charge in [-0.25, -0.2) is 0 Å². The van der Waals surface area contributed by atoms with Gasteiger partial charge in [-0.15, -0.1) is 0 Å². The zero-order chi connectivity index (χ0) is 16.5. The molecule has 3 N–H and O–H groups in total. The lowest BCUT2D eigenvalue weighted by Crippen LogP contribution is -2.32. The summed E-state index contributed by atoms with van der Waals surface area (Å²) in [5.41, 5.74) is 1.62. The summed E-state index contributed by atoms with van der Waals surface area (Å²) in [5.74, 6) is -1.43. The van der Waals surface area contributed by atoms with Gasteiger partial charge in [0.15, 0.2) is 0 Å². The van der Waals surface area contributed by atoms with E-state index < -0.39 is 5.97 Å². The molecule has 120 valence electrons. The van der Waals surface area contributed by atoms with Crippen molar-refractivity contribution in [3.05, 3.63) is 28.2 Å². The van der Waals surface area contributed by atoms with E-state index in [9.17, 15) is 14.4 Å². The third kappa shape index (κ3) is 7.21. The second kappa shape index (κ2) is 9.19. The fraction of sp³-hybridized carbons (Fsp3) is 0.400. The van der Waals surface area contributed by atoms with E-state index in [4.69, 9.17) is 5.11 Å². The average molecular weight is 371 g/mol. The Morgan fingerprint density at radius 3 is 2.45 bits per heavy atom. The molecule has 0 saturated carbocycles. The molecule has 0 aromatic heterocycles. The molecule has 0 spiro atoms. The van der Waals surface area contributed by atoms with Gasteiger partial charge < -0.3 is 15.7 Å². The first kappa shape index (κ1) is 18.2. The number of carboxylic acids is 1. The molecule has 22 heavy (non-hydrogen) atoms. The molecule has 0 heterocycles. The van der Waals surface area contributed by atoms with Crippen molar-refractivity contribution in [2.75, 3.05) is 11.9 Å². The van der Waals surface area contributed by atoms with E-state index in [-0.39, 0.29) is 31.2 Å². The topological polar surface area (TPSA) is 95.5 Å². The largest absolute Gasteiger partial charge is 0.481 e. The number of hydrogen-bond acceptors (Lipinski definition) is 3. The molecule has 0 bridgehead atoms. The van der Waals surface area contributed by atoms with Gasteiger partial charge in [0, 0.05) is 23.0 Å². The van der Waals surface area contributed by atoms with Crippen LogP contribution < -0.4 is 10.6 Å². The van der Waals surface area contributed by atoms with Crippen LogP contribution in [0.15, 0.2) is 22.7 Å². The van der Waals surface area contributed by atoms with E-state index in [1.54, 1.807) is 6.07 Å². The van der Waals surface area contributed by atoms with Gasteiger partial charge in [-0.2, -0.15) is 0 Å². The van der Waals surface area contributed by atoms with E-state index in [1.165, 1.54) is 0 Å². The molecule has 0 fully saturated rings. The van der Waals surface area contributed by atoms with Crippen molar-refractivity contribution in [3.8, 4) is 0 Å². The van der Waals surface area contributed by atoms with Gasteiger partial charge >= 0.3 is 5.97 Å². The minimum atomic E-state index is -0.871. The SMILES string of the molecule is Cc1cc(Br)ccc1NC(=O)CNC(=O)CCCCC(=O)O. The Hall–Kier alpha value is -1.89. The van der Waals surface area contributed by atoms with Crippen molar-refractivity contribution in [1.29, 1.82) is 0 Å². The molecular weight excluding hydrogens is 352 g/mol. The smallest absolute Gasteiger partial charge is 0.303 e. The summed E-state index contributed by atoms with van der Waals surface area (Å²) >= 11 is 3.34. The summed E-state index contributed by atoms with van der Waals surface area (Å²) in [4.78, 5) is 33.6. The molecule has 0 aliphatic carbocycles. The van der Waals surface area contributed by atoms with Crippen LogP contribution in [-0.2, 0) is 14.4 Å². The van der Waals surface area contributed by atoms with Gasteiger partial charge in [0.1, 0.15) is 0 Å². The highest BCUT2D eigenvalue weighted by Crippen LogP contribution is 2.19. The normalized spacial score (nSPS) is 10.1. The second-order valence-corrected chi connectivity index (χ2v) is 5.80. The number of aliphatic carboxylic acids is 1. The number of anilines is 1. The predicted molar refractivity (Wildman–Crippen MR) is 86.6 cm³/mol. The predicted octanol–water partition coefficient (Wildman–Crippen LogP) is 2.46. The zero-order valence-corrected chi connectivity index (χ0v) is 13.9. The van der Waals surface area contributed by atoms with Crippen LogP contribution in [0.25, 0.3) is 0 Å². The van der Waals surface area contributed by atoms with Gasteiger partial charge in [0.2, 0.25) is 11.8 Å². The number of halogens is 1. The fourth-order valence-corrected chi connectivity index (χ4v) is 2.27. The Labute approximate surface area is 137 Å². The number of unbranched alkanes of at least 4 members (excludes halogenated alkanes) is 1. The number of carboxylic acid groups (broad SMARTS) is 1. The monoisotopic (exact) mass is 370 g/mol. The Kier molecular flexibility index (Phi) is 7.59. The zero-order valence-electron chi connectivity index (χ0n) is 12.3. The number of amides is 2. The average Bonchev–Trinajstić information content (AvgIpc) is 2.44. The molecule has 2 amide bonds. The van der Waals surface area contributed by atoms with Crippen molar-refractivity contribution in [1.82, 2.24) is 5.32 Å². The van der Waals surface area contributed by atoms with Crippen LogP contribution in [0.4, 0.5) is 5.69 Å². The molecule has 1 rings (SSSR count). The van der Waals surface area contributed by atoms with Crippen LogP contribution in [0.2, 0.25) is 0 Å². The summed E-state index contributed by atoms with van der Waals surface area (Å²) in [6.45, 7) is 1.77. The lowest BCUT2D eigenvalue weighted by Gasteiger charge is -2.09. The first-order valence-electron chi connectivity index (χ1n) is 6.93. The van der Waals surface area contributed by atoms with Crippen molar-refractivity contribution < 1.29 is 19.5 Å². The number of benzene rings is 1. The van der Waals surface area contributed by atoms with Crippen molar-refractivity contribution >= 4 is 39.4 Å². The second-order valence-electron chi connectivity index (χ2n) is 4.88. The Bertz CT molecular complexity index is 560. The van der Waals surface area contributed by atoms with Crippen LogP contribution in [0.5, 0.6) is 0 Å². The molecule has 1 aromatic carbocycles. The van der Waals surface area contributed by atoms with Crippen LogP contribution >= 0.6 is 15.9 Å². The minimum Gasteiger partial charge on any atom is -0.481 e. The molecule has 0 saturated heterocycles. The number of carbonyl (C=O) groups is 3. The molecule has 0 aliphatic heterocycles. The maximum Gasteiger partial charge on any atom is 0.303 e. The number of hydrogen-bond donors (Lipinski definition) is 3. The highest BCUT2D eigenvalue weighted by molar-refractivity contribution is 9.10. The van der Waals surface area contributed by atoms with Crippen LogP contribution in [-0.4, -0.2) is 29.4 Å². The standard InChI is InChI=1S/C15H19BrN2O4/c1-10-8-11(16)6-7-12(10)18-14(20)9-17-13(19)4-2-3-5-15(21)22/h6-8H,2-5,9H2,1H3,(H,17,19)(H,18,20)(H,21,22). The van der Waals surface area contributed by atoms with Gasteiger partial charge in [0.25, 0.3) is 0 Å². The molecule has 6 nitrogen and oxygen atoms in total. The number of nitrogens with one attached hydrogen (secondary N) is 2. The van der Waals surface area contributed by atoms with Crippen molar-refractivity contribution in [2.24, 2.45) is 0 Å². The number of carbonyl (C=O) groups excluding carboxylic acids is 2. The molecule has 7 heteroatoms. The van der Waals surface area contributed by atoms with Gasteiger partial charge in [-0.1, -0.05) is 15.9 Å². The first-order valence-corrected chi connectivity index (χ1v) is 7.72. The number of aryl methyl sites for hydroxylation is 1. The Morgan fingerprint density at radius 1 is 1.14 bits per heavy atom. The quantitative estimate of drug-likeness (QED) is 0.612. The molecule has 0 atom stereocenters. The van der Waals surface area contributed by atoms with Gasteiger partial charge in [-0.3, -0.25) is 14.4 Å². The summed E-state index contributed by atoms with van der Waals surface area (Å²) < 4.78 is 0.928. The molecular formula is C15H19BrN2O4. The van der Waals surface area contributed by atoms with Crippen molar-refractivity contribution in [2.45, 2.75) is 32.6 Å². The maximum atomic E-state index is 11.8. The third-order valence-electron chi connectivity index (χ3n) is 2.95. The van der Waals surface area contributed by atoms with Gasteiger partial charge in [0.05, 0.1) is 6.54 Å². The summed E-state index contributed by atoms with van der Waals surface area (Å²) in [7, 11) is 0. The lowest BCUT2D eigenvalue weighted by molar-refractivity contribution is -0.137. The van der Waals surface area contributed by atoms with E-state index in [1.807, 2.05) is 19.1 Å². The highest BCUT2D eigenvalue weighted by Gasteiger charge is 2.08. The van der Waals surface area contributed by atoms with Gasteiger partial charge in [-0.05, 0) is 43.5 Å². The Balaban J connectivity index is 2.27. The Morgan fingerprint density at radius 2 is 1.82 bits per heavy atom. The third-order valence-corrected chi connectivity index (χ3v) is 3.45. The fourth-order valence-electron chi connectivity index (χ4n) is 1.79. The highest BCUT2D eigenvalue weighted by atomic mass is 79.9. The van der Waals surface area contributed by atoms with E-state index in [2.05, 4.69) is 26.6 Å². The van der Waals surface area contributed by atoms with E-state index in [0.717, 1.165) is 10.0 Å². The summed E-state index contributed by atoms with van der Waals surface area (Å²) in [5, 5.41) is 13.7. The minimum absolute atomic E-state index is 0.0522. The summed E-state index contributed by atoms with van der Waals surface area (Å²) in [6, 6.07) is 5.49. The first-order chi connectivity index (χ1) is 10.4. The van der Waals surface area contributed by atoms with Crippen LogP contribution in [0.1, 0.15) is 31.2 Å². The van der Waals surface area contributed by atoms with E-state index >= 15 is 0 Å². The molecule has 1 aromatic rings. The van der Waals surface area contributed by atoms with Crippen molar-refractivity contribution in [3.63, 3.8) is 0 Å². The van der Waals surface area contributed by atoms with E-state index in [0.29, 0.717) is 18.5 Å². The van der Waals surface area contributed by atoms with Crippen LogP contribution in [0.3, 0.4) is 0 Å². The molecule has 0 unspecified atom stereocenters. The molecule has 0 radical (unpaired) electrons. The maximum absolute atomic E-state index is 11.8. The number of rotatable bonds is 8. The molecule has 0 aliphatic rings. The van der Waals surface area contributed by atoms with Crippen LogP contribution in [0, 0.1) is 6.92 Å².